The van der Waals surface area contributed by atoms with Gasteiger partial charge in [-0.15, -0.1) is 0 Å². The van der Waals surface area contributed by atoms with Gasteiger partial charge in [0, 0.05) is 53.4 Å². The van der Waals surface area contributed by atoms with E-state index in [1.54, 1.807) is 18.6 Å². The molecule has 5 aromatic heterocycles. The Morgan fingerprint density at radius 2 is 1.94 bits per heavy atom. The van der Waals surface area contributed by atoms with Gasteiger partial charge in [-0.3, -0.25) is 15.1 Å². The molecule has 0 spiro atoms. The first kappa shape index (κ1) is 18.9. The molecule has 0 saturated heterocycles. The van der Waals surface area contributed by atoms with Crippen molar-refractivity contribution in [1.82, 2.24) is 38.2 Å². The lowest BCUT2D eigenvalue weighted by molar-refractivity contribution is 0.712. The van der Waals surface area contributed by atoms with E-state index in [1.165, 1.54) is 0 Å². The smallest absolute Gasteiger partial charge is 0.181 e. The molecule has 0 saturated carbocycles. The molecule has 1 aliphatic rings. The molecule has 0 unspecified atom stereocenters. The summed E-state index contributed by atoms with van der Waals surface area (Å²) < 4.78 is 2.02. The largest absolute Gasteiger partial charge is 0.401 e. The normalized spacial score (nSPS) is 14.1. The number of halogens is 1. The molecule has 0 aromatic carbocycles. The molecule has 32 heavy (non-hydrogen) atoms. The molecule has 1 aliphatic heterocycles. The Morgan fingerprint density at radius 1 is 1.06 bits per heavy atom. The second kappa shape index (κ2) is 7.41. The van der Waals surface area contributed by atoms with Crippen LogP contribution in [0.4, 0.5) is 0 Å². The quantitative estimate of drug-likeness (QED) is 0.238. The highest BCUT2D eigenvalue weighted by Gasteiger charge is 2.17. The van der Waals surface area contributed by atoms with Gasteiger partial charge in [0.2, 0.25) is 0 Å². The Balaban J connectivity index is 1.49. The maximum atomic E-state index is 6.08. The van der Waals surface area contributed by atoms with Crippen LogP contribution in [-0.2, 0) is 0 Å². The average molecular weight is 533 g/mol. The summed E-state index contributed by atoms with van der Waals surface area (Å²) in [6.07, 6.45) is 12.9. The highest BCUT2D eigenvalue weighted by atomic mass is 127. The van der Waals surface area contributed by atoms with Crippen LogP contribution < -0.4 is 5.73 Å². The molecule has 4 N–H and O–H groups in total. The Hall–Kier alpha value is -3.80. The number of pyridine rings is 3. The van der Waals surface area contributed by atoms with Crippen LogP contribution in [0.3, 0.4) is 0 Å². The monoisotopic (exact) mass is 533 g/mol. The van der Waals surface area contributed by atoms with Crippen LogP contribution in [0.25, 0.3) is 50.3 Å². The lowest BCUT2D eigenvalue weighted by Crippen LogP contribution is -2.17. The maximum absolute atomic E-state index is 6.08. The number of hydrogen-bond acceptors (Lipinski definition) is 7. The maximum Gasteiger partial charge on any atom is 0.181 e. The number of H-pyrrole nitrogens is 2. The molecular weight excluding hydrogens is 517 g/mol. The fraction of sp³-hybridized carbons (Fsp3) is 0.0455. The van der Waals surface area contributed by atoms with Gasteiger partial charge in [0.05, 0.1) is 52.0 Å². The number of fused-ring (bicyclic) bond motifs is 2. The summed E-state index contributed by atoms with van der Waals surface area (Å²) in [6, 6.07) is 5.95. The number of nitrogens with two attached hydrogens (primary N) is 1. The van der Waals surface area contributed by atoms with Crippen LogP contribution in [0.15, 0.2) is 67.2 Å². The van der Waals surface area contributed by atoms with Crippen LogP contribution in [-0.4, -0.2) is 44.8 Å². The summed E-state index contributed by atoms with van der Waals surface area (Å²) in [6.45, 7) is 0.698. The van der Waals surface area contributed by atoms with Crippen molar-refractivity contribution in [3.63, 3.8) is 0 Å². The van der Waals surface area contributed by atoms with Crippen molar-refractivity contribution in [3.05, 3.63) is 72.7 Å². The summed E-state index contributed by atoms with van der Waals surface area (Å²) in [5.74, 6) is 0.674. The van der Waals surface area contributed by atoms with Crippen molar-refractivity contribution in [3.8, 4) is 22.6 Å². The standard InChI is InChI=1S/C22H16IN9/c23-32-10-14(5-15(24)11-32)13-6-16-20(30-31-21(16)27-7-13)22-28-18-9-26-8-17(19(18)29-22)12-1-3-25-4-2-12/h1-10H,11,24H2,(H,28,29)(H,27,30,31). The van der Waals surface area contributed by atoms with E-state index in [4.69, 9.17) is 10.7 Å². The van der Waals surface area contributed by atoms with Gasteiger partial charge in [-0.05, 0) is 29.8 Å². The number of nitrogens with one attached hydrogen (secondary N) is 2. The fourth-order valence-electron chi connectivity index (χ4n) is 3.84. The summed E-state index contributed by atoms with van der Waals surface area (Å²) in [5, 5.41) is 8.33. The lowest BCUT2D eigenvalue weighted by atomic mass is 10.0. The topological polar surface area (TPSA) is 125 Å². The van der Waals surface area contributed by atoms with Crippen molar-refractivity contribution in [2.75, 3.05) is 6.54 Å². The van der Waals surface area contributed by atoms with Gasteiger partial charge in [0.15, 0.2) is 11.5 Å². The van der Waals surface area contributed by atoms with Gasteiger partial charge in [0.1, 0.15) is 5.69 Å². The van der Waals surface area contributed by atoms with E-state index >= 15 is 0 Å². The molecule has 9 nitrogen and oxygen atoms in total. The number of imidazole rings is 1. The van der Waals surface area contributed by atoms with Gasteiger partial charge in [0.25, 0.3) is 0 Å². The van der Waals surface area contributed by atoms with Crippen LogP contribution in [0.2, 0.25) is 0 Å². The minimum absolute atomic E-state index is 0.622. The predicted molar refractivity (Wildman–Crippen MR) is 131 cm³/mol. The van der Waals surface area contributed by atoms with Crippen LogP contribution in [0, 0.1) is 0 Å². The Bertz CT molecular complexity index is 1530. The minimum Gasteiger partial charge on any atom is -0.401 e. The van der Waals surface area contributed by atoms with Crippen LogP contribution in [0.5, 0.6) is 0 Å². The first-order chi connectivity index (χ1) is 15.7. The van der Waals surface area contributed by atoms with E-state index in [9.17, 15) is 0 Å². The second-order valence-electron chi connectivity index (χ2n) is 7.46. The molecule has 0 fully saturated rings. The molecule has 0 bridgehead atoms. The van der Waals surface area contributed by atoms with E-state index in [0.717, 1.165) is 50.1 Å². The third-order valence-corrected chi connectivity index (χ3v) is 5.94. The van der Waals surface area contributed by atoms with Gasteiger partial charge in [-0.25, -0.2) is 9.97 Å². The second-order valence-corrected chi connectivity index (χ2v) is 8.70. The number of aromatic amines is 2. The predicted octanol–water partition coefficient (Wildman–Crippen LogP) is 3.81. The number of rotatable bonds is 3. The van der Waals surface area contributed by atoms with Crippen molar-refractivity contribution in [1.29, 1.82) is 0 Å². The highest BCUT2D eigenvalue weighted by Crippen LogP contribution is 2.32. The minimum atomic E-state index is 0.622. The Labute approximate surface area is 196 Å². The van der Waals surface area contributed by atoms with Crippen LogP contribution >= 0.6 is 22.9 Å². The SMILES string of the molecule is NC1=CC(c2cnc3n[nH]c(-c4nc5c(-c6ccncc6)cncc5[nH]4)c3c2)=CN(I)C1. The molecular formula is C22H16IN9. The molecule has 10 heteroatoms. The molecule has 0 atom stereocenters. The number of hydrogen-bond donors (Lipinski definition) is 3. The van der Waals surface area contributed by atoms with Crippen molar-refractivity contribution < 1.29 is 0 Å². The zero-order valence-corrected chi connectivity index (χ0v) is 18.8. The third-order valence-electron chi connectivity index (χ3n) is 5.32. The molecule has 6 rings (SSSR count). The van der Waals surface area contributed by atoms with Gasteiger partial charge in [-0.2, -0.15) is 5.10 Å². The highest BCUT2D eigenvalue weighted by molar-refractivity contribution is 14.1. The number of allylic oxidation sites excluding steroid dienone is 2. The van der Waals surface area contributed by atoms with Gasteiger partial charge < -0.3 is 13.8 Å². The summed E-state index contributed by atoms with van der Waals surface area (Å²) in [4.78, 5) is 21.3. The zero-order chi connectivity index (χ0) is 21.7. The summed E-state index contributed by atoms with van der Waals surface area (Å²) in [7, 11) is 0. The van der Waals surface area contributed by atoms with E-state index in [0.29, 0.717) is 18.0 Å². The molecule has 0 aliphatic carbocycles. The third kappa shape index (κ3) is 3.19. The van der Waals surface area contributed by atoms with E-state index in [2.05, 4.69) is 59.1 Å². The van der Waals surface area contributed by atoms with E-state index in [-0.39, 0.29) is 0 Å². The van der Waals surface area contributed by atoms with Crippen molar-refractivity contribution in [2.45, 2.75) is 0 Å². The average Bonchev–Trinajstić information content (AvgIpc) is 3.42. The molecule has 0 radical (unpaired) electrons. The van der Waals surface area contributed by atoms with Crippen LogP contribution in [0.1, 0.15) is 5.56 Å². The number of aromatic nitrogens is 7. The number of nitrogens with zero attached hydrogens (tertiary/aromatic N) is 6. The van der Waals surface area contributed by atoms with Gasteiger partial charge in [-0.1, -0.05) is 0 Å². The first-order valence-corrected chi connectivity index (χ1v) is 10.8. The van der Waals surface area contributed by atoms with Crippen molar-refractivity contribution in [2.24, 2.45) is 5.73 Å². The molecule has 6 heterocycles. The molecule has 0 amide bonds. The summed E-state index contributed by atoms with van der Waals surface area (Å²) >= 11 is 2.23. The summed E-state index contributed by atoms with van der Waals surface area (Å²) in [5.41, 5.74) is 13.8. The Kier molecular flexibility index (Phi) is 4.38. The molecule has 156 valence electrons. The fourth-order valence-corrected chi connectivity index (χ4v) is 4.54. The van der Waals surface area contributed by atoms with E-state index in [1.807, 2.05) is 39.9 Å². The lowest BCUT2D eigenvalue weighted by Gasteiger charge is -2.19. The first-order valence-electron chi connectivity index (χ1n) is 9.85. The zero-order valence-electron chi connectivity index (χ0n) is 16.6. The van der Waals surface area contributed by atoms with Gasteiger partial charge >= 0.3 is 0 Å². The Morgan fingerprint density at radius 3 is 2.78 bits per heavy atom. The molecule has 5 aromatic rings. The van der Waals surface area contributed by atoms with Crippen molar-refractivity contribution >= 4 is 50.5 Å². The van der Waals surface area contributed by atoms with E-state index < -0.39 is 0 Å².